The van der Waals surface area contributed by atoms with E-state index in [1.807, 2.05) is 18.0 Å². The minimum Gasteiger partial charge on any atom is -0.362 e. The third kappa shape index (κ3) is 2.65. The van der Waals surface area contributed by atoms with Crippen LogP contribution in [0.25, 0.3) is 20.5 Å². The molecular weight excluding hydrogens is 356 g/mol. The van der Waals surface area contributed by atoms with Crippen molar-refractivity contribution in [2.24, 2.45) is 0 Å². The molecule has 0 unspecified atom stereocenters. The lowest BCUT2D eigenvalue weighted by Crippen LogP contribution is -2.48. The second-order valence-electron chi connectivity index (χ2n) is 6.87. The van der Waals surface area contributed by atoms with Crippen molar-refractivity contribution < 1.29 is 0 Å². The topological polar surface area (TPSA) is 15.3 Å². The Morgan fingerprint density at radius 3 is 2.77 bits per heavy atom. The van der Waals surface area contributed by atoms with Crippen LogP contribution >= 0.6 is 22.7 Å². The summed E-state index contributed by atoms with van der Waals surface area (Å²) in [6.45, 7) is 10.6. The molecule has 26 heavy (non-hydrogen) atoms. The standard InChI is InChI=1S/C22H20N2S2/c1-6-17-8-10-21(26-17)19-13-25-20-9-7-16(11-18(19)20)22(4)12-14(2)24(5)15(3)23-22/h1,7-11,13,23H,2-3,12H2,4-5H3/t22-/m0/s1. The van der Waals surface area contributed by atoms with Crippen molar-refractivity contribution in [3.8, 4) is 22.8 Å². The lowest BCUT2D eigenvalue weighted by Gasteiger charge is -2.43. The summed E-state index contributed by atoms with van der Waals surface area (Å²) in [6, 6.07) is 10.9. The number of thiophene rings is 2. The van der Waals surface area contributed by atoms with Gasteiger partial charge in [-0.25, -0.2) is 0 Å². The zero-order valence-corrected chi connectivity index (χ0v) is 16.6. The van der Waals surface area contributed by atoms with E-state index in [4.69, 9.17) is 6.42 Å². The van der Waals surface area contributed by atoms with E-state index in [0.717, 1.165) is 22.8 Å². The number of rotatable bonds is 2. The molecule has 1 aliphatic rings. The molecule has 1 aromatic carbocycles. The lowest BCUT2D eigenvalue weighted by molar-refractivity contribution is 0.268. The summed E-state index contributed by atoms with van der Waals surface area (Å²) in [5.41, 5.74) is 3.35. The number of benzene rings is 1. The minimum absolute atomic E-state index is 0.215. The lowest BCUT2D eigenvalue weighted by atomic mass is 9.85. The zero-order valence-electron chi connectivity index (χ0n) is 14.9. The third-order valence-electron chi connectivity index (χ3n) is 5.08. The van der Waals surface area contributed by atoms with Crippen LogP contribution in [0.1, 0.15) is 23.8 Å². The summed E-state index contributed by atoms with van der Waals surface area (Å²) in [5, 5.41) is 7.07. The summed E-state index contributed by atoms with van der Waals surface area (Å²) in [5.74, 6) is 3.61. The second-order valence-corrected chi connectivity index (χ2v) is 8.87. The first-order valence-electron chi connectivity index (χ1n) is 8.38. The van der Waals surface area contributed by atoms with Gasteiger partial charge in [-0.3, -0.25) is 0 Å². The molecule has 1 aliphatic heterocycles. The molecule has 0 radical (unpaired) electrons. The van der Waals surface area contributed by atoms with Gasteiger partial charge in [0.25, 0.3) is 0 Å². The molecule has 1 atom stereocenters. The highest BCUT2D eigenvalue weighted by Gasteiger charge is 2.34. The van der Waals surface area contributed by atoms with E-state index in [9.17, 15) is 0 Å². The maximum absolute atomic E-state index is 5.54. The molecule has 1 fully saturated rings. The van der Waals surface area contributed by atoms with Crippen LogP contribution in [0.15, 0.2) is 60.4 Å². The van der Waals surface area contributed by atoms with Gasteiger partial charge in [0, 0.05) is 45.1 Å². The van der Waals surface area contributed by atoms with Gasteiger partial charge in [-0.2, -0.15) is 0 Å². The molecule has 1 N–H and O–H groups in total. The number of fused-ring (bicyclic) bond motifs is 1. The molecule has 4 heteroatoms. The average Bonchev–Trinajstić information content (AvgIpc) is 3.25. The first-order chi connectivity index (χ1) is 12.4. The highest BCUT2D eigenvalue weighted by Crippen LogP contribution is 2.41. The van der Waals surface area contributed by atoms with Crippen LogP contribution in [0, 0.1) is 12.3 Å². The molecule has 1 saturated heterocycles. The molecular formula is C22H20N2S2. The molecule has 0 bridgehead atoms. The fraction of sp³-hybridized carbons (Fsp3) is 0.182. The van der Waals surface area contributed by atoms with Crippen LogP contribution in [-0.2, 0) is 5.54 Å². The highest BCUT2D eigenvalue weighted by atomic mass is 32.1. The van der Waals surface area contributed by atoms with Crippen LogP contribution in [-0.4, -0.2) is 11.9 Å². The maximum Gasteiger partial charge on any atom is 0.0985 e. The number of nitrogens with one attached hydrogen (secondary N) is 1. The Bertz CT molecular complexity index is 1060. The summed E-state index contributed by atoms with van der Waals surface area (Å²) in [6.07, 6.45) is 6.38. The van der Waals surface area contributed by atoms with Crippen LogP contribution in [0.2, 0.25) is 0 Å². The number of hydrogen-bond donors (Lipinski definition) is 1. The smallest absolute Gasteiger partial charge is 0.0985 e. The van der Waals surface area contributed by atoms with Gasteiger partial charge < -0.3 is 10.2 Å². The Balaban J connectivity index is 1.80. The van der Waals surface area contributed by atoms with Gasteiger partial charge in [-0.1, -0.05) is 25.1 Å². The van der Waals surface area contributed by atoms with E-state index in [1.165, 1.54) is 26.1 Å². The predicted molar refractivity (Wildman–Crippen MR) is 114 cm³/mol. The molecule has 0 aliphatic carbocycles. The van der Waals surface area contributed by atoms with Crippen LogP contribution in [0.5, 0.6) is 0 Å². The minimum atomic E-state index is -0.215. The van der Waals surface area contributed by atoms with Crippen molar-refractivity contribution >= 4 is 32.8 Å². The van der Waals surface area contributed by atoms with Crippen molar-refractivity contribution in [1.29, 1.82) is 0 Å². The quantitative estimate of drug-likeness (QED) is 0.574. The Hall–Kier alpha value is -2.48. The molecule has 0 amide bonds. The van der Waals surface area contributed by atoms with Gasteiger partial charge in [0.1, 0.15) is 0 Å². The molecule has 0 saturated carbocycles. The first-order valence-corrected chi connectivity index (χ1v) is 10.1. The Morgan fingerprint density at radius 2 is 2.08 bits per heavy atom. The summed E-state index contributed by atoms with van der Waals surface area (Å²) >= 11 is 3.44. The summed E-state index contributed by atoms with van der Waals surface area (Å²) in [4.78, 5) is 4.20. The fourth-order valence-electron chi connectivity index (χ4n) is 3.46. The van der Waals surface area contributed by atoms with Crippen molar-refractivity contribution in [2.75, 3.05) is 7.05 Å². The van der Waals surface area contributed by atoms with E-state index < -0.39 is 0 Å². The van der Waals surface area contributed by atoms with Gasteiger partial charge in [-0.05, 0) is 36.8 Å². The van der Waals surface area contributed by atoms with Crippen molar-refractivity contribution in [3.63, 3.8) is 0 Å². The molecule has 2 nitrogen and oxygen atoms in total. The Labute approximate surface area is 162 Å². The first kappa shape index (κ1) is 17.0. The van der Waals surface area contributed by atoms with Gasteiger partial charge in [0.2, 0.25) is 0 Å². The Morgan fingerprint density at radius 1 is 1.27 bits per heavy atom. The summed E-state index contributed by atoms with van der Waals surface area (Å²) < 4.78 is 1.29. The van der Waals surface area contributed by atoms with Gasteiger partial charge in [0.05, 0.1) is 16.2 Å². The van der Waals surface area contributed by atoms with Crippen molar-refractivity contribution in [2.45, 2.75) is 18.9 Å². The van der Waals surface area contributed by atoms with E-state index in [2.05, 4.69) is 61.0 Å². The van der Waals surface area contributed by atoms with Gasteiger partial charge in [0.15, 0.2) is 0 Å². The largest absolute Gasteiger partial charge is 0.362 e. The number of nitrogens with zero attached hydrogens (tertiary/aromatic N) is 1. The number of terminal acetylenes is 1. The zero-order chi connectivity index (χ0) is 18.5. The van der Waals surface area contributed by atoms with Gasteiger partial charge >= 0.3 is 0 Å². The van der Waals surface area contributed by atoms with E-state index in [0.29, 0.717) is 0 Å². The molecule has 3 aromatic rings. The molecule has 3 heterocycles. The van der Waals surface area contributed by atoms with Crippen LogP contribution in [0.4, 0.5) is 0 Å². The second kappa shape index (κ2) is 6.05. The fourth-order valence-corrected chi connectivity index (χ4v) is 5.32. The van der Waals surface area contributed by atoms with Gasteiger partial charge in [-0.15, -0.1) is 29.1 Å². The molecule has 130 valence electrons. The maximum atomic E-state index is 5.54. The van der Waals surface area contributed by atoms with Crippen LogP contribution < -0.4 is 5.32 Å². The summed E-state index contributed by atoms with van der Waals surface area (Å²) in [7, 11) is 2.00. The van der Waals surface area contributed by atoms with E-state index >= 15 is 0 Å². The Kier molecular flexibility index (Phi) is 3.95. The van der Waals surface area contributed by atoms with Crippen LogP contribution in [0.3, 0.4) is 0 Å². The molecule has 2 aromatic heterocycles. The average molecular weight is 377 g/mol. The molecule has 0 spiro atoms. The van der Waals surface area contributed by atoms with E-state index in [1.54, 1.807) is 22.7 Å². The van der Waals surface area contributed by atoms with Crippen molar-refractivity contribution in [1.82, 2.24) is 10.2 Å². The number of hydrogen-bond acceptors (Lipinski definition) is 4. The SMILES string of the molecule is C#Cc1ccc(-c2csc3ccc([C@]4(C)CC(=C)N(C)C(=C)N4)cc23)s1. The normalized spacial score (nSPS) is 20.3. The highest BCUT2D eigenvalue weighted by molar-refractivity contribution is 7.19. The van der Waals surface area contributed by atoms with E-state index in [-0.39, 0.29) is 5.54 Å². The third-order valence-corrected chi connectivity index (χ3v) is 7.09. The van der Waals surface area contributed by atoms with Crippen molar-refractivity contribution in [3.05, 3.63) is 70.8 Å². The predicted octanol–water partition coefficient (Wildman–Crippen LogP) is 5.74. The molecule has 4 rings (SSSR count). The monoisotopic (exact) mass is 376 g/mol.